The lowest BCUT2D eigenvalue weighted by Crippen LogP contribution is -2.19. The Morgan fingerprint density at radius 2 is 1.91 bits per heavy atom. The van der Waals surface area contributed by atoms with E-state index in [0.717, 1.165) is 16.6 Å². The van der Waals surface area contributed by atoms with E-state index in [9.17, 15) is 4.39 Å². The topological polar surface area (TPSA) is 37.0 Å². The number of halogens is 2. The highest BCUT2D eigenvalue weighted by atomic mass is 35.5. The van der Waals surface area contributed by atoms with E-state index in [1.54, 1.807) is 12.3 Å². The molecule has 3 aromatic rings. The molecule has 0 aliphatic carbocycles. The van der Waals surface area contributed by atoms with Crippen molar-refractivity contribution in [2.45, 2.75) is 0 Å². The highest BCUT2D eigenvalue weighted by Gasteiger charge is 2.05. The van der Waals surface area contributed by atoms with Crippen LogP contribution in [0.1, 0.15) is 0 Å². The Balaban J connectivity index is 1.80. The molecule has 0 fully saturated rings. The molecule has 0 spiro atoms. The number of para-hydroxylation sites is 1. The molecular formula is C16H11ClFN3S. The lowest BCUT2D eigenvalue weighted by Gasteiger charge is -2.12. The van der Waals surface area contributed by atoms with Gasteiger partial charge in [0.1, 0.15) is 5.82 Å². The third-order valence-electron chi connectivity index (χ3n) is 3.06. The zero-order valence-electron chi connectivity index (χ0n) is 11.3. The number of pyridine rings is 1. The molecule has 0 amide bonds. The van der Waals surface area contributed by atoms with E-state index in [0.29, 0.717) is 10.8 Å². The first kappa shape index (κ1) is 14.7. The van der Waals surface area contributed by atoms with Crippen molar-refractivity contribution in [1.29, 1.82) is 0 Å². The molecule has 0 atom stereocenters. The third kappa shape index (κ3) is 3.16. The van der Waals surface area contributed by atoms with Crippen LogP contribution in [-0.4, -0.2) is 10.1 Å². The van der Waals surface area contributed by atoms with Crippen LogP contribution >= 0.6 is 23.8 Å². The van der Waals surface area contributed by atoms with Crippen LogP contribution in [-0.2, 0) is 0 Å². The number of hydrogen-bond acceptors (Lipinski definition) is 2. The molecule has 3 nitrogen and oxygen atoms in total. The van der Waals surface area contributed by atoms with Gasteiger partial charge in [-0.15, -0.1) is 0 Å². The second-order valence-corrected chi connectivity index (χ2v) is 5.40. The quantitative estimate of drug-likeness (QED) is 0.659. The van der Waals surface area contributed by atoms with E-state index in [-0.39, 0.29) is 5.02 Å². The fraction of sp³-hybridized carbons (Fsp3) is 0. The molecule has 0 aliphatic rings. The maximum absolute atomic E-state index is 13.1. The fourth-order valence-electron chi connectivity index (χ4n) is 2.06. The van der Waals surface area contributed by atoms with Crippen molar-refractivity contribution in [3.05, 3.63) is 65.6 Å². The molecule has 0 radical (unpaired) electrons. The van der Waals surface area contributed by atoms with E-state index in [1.807, 2.05) is 30.3 Å². The summed E-state index contributed by atoms with van der Waals surface area (Å²) in [4.78, 5) is 4.35. The lowest BCUT2D eigenvalue weighted by atomic mass is 10.2. The molecule has 1 heterocycles. The van der Waals surface area contributed by atoms with Gasteiger partial charge in [-0.3, -0.25) is 4.98 Å². The summed E-state index contributed by atoms with van der Waals surface area (Å²) in [5, 5.41) is 7.48. The normalized spacial score (nSPS) is 10.5. The highest BCUT2D eigenvalue weighted by Crippen LogP contribution is 2.22. The van der Waals surface area contributed by atoms with E-state index >= 15 is 0 Å². The predicted octanol–water partition coefficient (Wildman–Crippen LogP) is 4.84. The van der Waals surface area contributed by atoms with Crippen molar-refractivity contribution in [1.82, 2.24) is 4.98 Å². The minimum Gasteiger partial charge on any atom is -0.332 e. The fourth-order valence-corrected chi connectivity index (χ4v) is 2.47. The third-order valence-corrected chi connectivity index (χ3v) is 3.55. The first-order valence-electron chi connectivity index (χ1n) is 6.50. The van der Waals surface area contributed by atoms with Gasteiger partial charge in [0.25, 0.3) is 0 Å². The van der Waals surface area contributed by atoms with Crippen molar-refractivity contribution in [3.63, 3.8) is 0 Å². The van der Waals surface area contributed by atoms with Gasteiger partial charge in [-0.25, -0.2) is 4.39 Å². The molecule has 0 saturated heterocycles. The van der Waals surface area contributed by atoms with Gasteiger partial charge < -0.3 is 10.6 Å². The first-order valence-corrected chi connectivity index (χ1v) is 7.29. The van der Waals surface area contributed by atoms with Crippen LogP contribution < -0.4 is 10.6 Å². The molecule has 1 aromatic heterocycles. The second-order valence-electron chi connectivity index (χ2n) is 4.59. The Kier molecular flexibility index (Phi) is 4.18. The van der Waals surface area contributed by atoms with E-state index in [1.165, 1.54) is 12.1 Å². The average Bonchev–Trinajstić information content (AvgIpc) is 2.51. The zero-order valence-corrected chi connectivity index (χ0v) is 12.9. The average molecular weight is 332 g/mol. The van der Waals surface area contributed by atoms with Gasteiger partial charge in [-0.1, -0.05) is 29.8 Å². The van der Waals surface area contributed by atoms with Crippen molar-refractivity contribution < 1.29 is 4.39 Å². The van der Waals surface area contributed by atoms with E-state index < -0.39 is 5.82 Å². The van der Waals surface area contributed by atoms with Crippen molar-refractivity contribution >= 4 is 51.2 Å². The molecule has 0 bridgehead atoms. The maximum atomic E-state index is 13.1. The molecular weight excluding hydrogens is 321 g/mol. The maximum Gasteiger partial charge on any atom is 0.175 e. The predicted molar refractivity (Wildman–Crippen MR) is 93.0 cm³/mol. The van der Waals surface area contributed by atoms with E-state index in [2.05, 4.69) is 15.6 Å². The smallest absolute Gasteiger partial charge is 0.175 e. The number of thiocarbonyl (C=S) groups is 1. The van der Waals surface area contributed by atoms with Gasteiger partial charge >= 0.3 is 0 Å². The monoisotopic (exact) mass is 331 g/mol. The molecule has 0 saturated carbocycles. The molecule has 6 heteroatoms. The number of rotatable bonds is 2. The molecule has 22 heavy (non-hydrogen) atoms. The minimum atomic E-state index is -0.468. The summed E-state index contributed by atoms with van der Waals surface area (Å²) in [6.07, 6.45) is 1.73. The number of anilines is 2. The van der Waals surface area contributed by atoms with Crippen LogP contribution in [0.5, 0.6) is 0 Å². The number of hydrogen-bond donors (Lipinski definition) is 2. The first-order chi connectivity index (χ1) is 10.6. The number of fused-ring (bicyclic) bond motifs is 1. The summed E-state index contributed by atoms with van der Waals surface area (Å²) in [5.41, 5.74) is 2.23. The SMILES string of the molecule is Fc1ccc(NC(=S)Nc2cccc3cccnc23)cc1Cl. The summed E-state index contributed by atoms with van der Waals surface area (Å²) in [6.45, 7) is 0. The summed E-state index contributed by atoms with van der Waals surface area (Å²) in [5.74, 6) is -0.468. The van der Waals surface area contributed by atoms with Gasteiger partial charge in [0, 0.05) is 17.3 Å². The zero-order chi connectivity index (χ0) is 15.5. The van der Waals surface area contributed by atoms with Gasteiger partial charge in [0.05, 0.1) is 16.2 Å². The Morgan fingerprint density at radius 3 is 2.73 bits per heavy atom. The Bertz CT molecular complexity index is 848. The molecule has 110 valence electrons. The molecule has 0 aliphatic heterocycles. The summed E-state index contributed by atoms with van der Waals surface area (Å²) >= 11 is 11.0. The Labute approximate surface area is 137 Å². The summed E-state index contributed by atoms with van der Waals surface area (Å²) in [7, 11) is 0. The van der Waals surface area contributed by atoms with Gasteiger partial charge in [-0.05, 0) is 42.5 Å². The van der Waals surface area contributed by atoms with Crippen LogP contribution in [0, 0.1) is 5.82 Å². The van der Waals surface area contributed by atoms with Gasteiger partial charge in [0.15, 0.2) is 5.11 Å². The molecule has 3 rings (SSSR count). The van der Waals surface area contributed by atoms with Crippen molar-refractivity contribution in [2.75, 3.05) is 10.6 Å². The molecule has 2 aromatic carbocycles. The lowest BCUT2D eigenvalue weighted by molar-refractivity contribution is 0.628. The minimum absolute atomic E-state index is 0.0413. The number of aromatic nitrogens is 1. The number of nitrogens with one attached hydrogen (secondary N) is 2. The van der Waals surface area contributed by atoms with Crippen LogP contribution in [0.4, 0.5) is 15.8 Å². The van der Waals surface area contributed by atoms with Crippen LogP contribution in [0.25, 0.3) is 10.9 Å². The van der Waals surface area contributed by atoms with Gasteiger partial charge in [-0.2, -0.15) is 0 Å². The second kappa shape index (κ2) is 6.25. The van der Waals surface area contributed by atoms with Crippen molar-refractivity contribution in [2.24, 2.45) is 0 Å². The van der Waals surface area contributed by atoms with Crippen LogP contribution in [0.3, 0.4) is 0 Å². The van der Waals surface area contributed by atoms with Crippen molar-refractivity contribution in [3.8, 4) is 0 Å². The summed E-state index contributed by atoms with van der Waals surface area (Å²) < 4.78 is 13.1. The van der Waals surface area contributed by atoms with Crippen LogP contribution in [0.2, 0.25) is 5.02 Å². The number of benzene rings is 2. The standard InChI is InChI=1S/C16H11ClFN3S/c17-12-9-11(6-7-13(12)18)20-16(22)21-14-5-1-3-10-4-2-8-19-15(10)14/h1-9H,(H2,20,21,22). The number of nitrogens with zero attached hydrogens (tertiary/aromatic N) is 1. The Morgan fingerprint density at radius 1 is 1.09 bits per heavy atom. The molecule has 2 N–H and O–H groups in total. The van der Waals surface area contributed by atoms with E-state index in [4.69, 9.17) is 23.8 Å². The van der Waals surface area contributed by atoms with Crippen LogP contribution in [0.15, 0.2) is 54.7 Å². The largest absolute Gasteiger partial charge is 0.332 e. The van der Waals surface area contributed by atoms with Gasteiger partial charge in [0.2, 0.25) is 0 Å². The highest BCUT2D eigenvalue weighted by molar-refractivity contribution is 7.80. The Hall–Kier alpha value is -2.24. The molecule has 0 unspecified atom stereocenters. The summed E-state index contributed by atoms with van der Waals surface area (Å²) in [6, 6.07) is 14.0.